The number of nitrogens with two attached hydrogens (primary N) is 1. The molecule has 0 aliphatic heterocycles. The van der Waals surface area contributed by atoms with Crippen molar-refractivity contribution in [1.82, 2.24) is 4.57 Å². The fourth-order valence-electron chi connectivity index (χ4n) is 2.84. The first kappa shape index (κ1) is 15.1. The van der Waals surface area contributed by atoms with Crippen molar-refractivity contribution in [3.8, 4) is 0 Å². The Morgan fingerprint density at radius 1 is 1.14 bits per heavy atom. The van der Waals surface area contributed by atoms with Crippen LogP contribution in [0, 0.1) is 0 Å². The van der Waals surface area contributed by atoms with Gasteiger partial charge in [-0.15, -0.1) is 0 Å². The Morgan fingerprint density at radius 3 is 2.64 bits per heavy atom. The van der Waals surface area contributed by atoms with E-state index in [0.717, 1.165) is 24.4 Å². The molecule has 0 saturated heterocycles. The van der Waals surface area contributed by atoms with Gasteiger partial charge >= 0.3 is 0 Å². The van der Waals surface area contributed by atoms with E-state index in [0.29, 0.717) is 0 Å². The van der Waals surface area contributed by atoms with E-state index in [1.54, 1.807) is 0 Å². The molecule has 114 valence electrons. The molecular weight excluding hydrogens is 292 g/mol. The van der Waals surface area contributed by atoms with Crippen LogP contribution >= 0.6 is 11.6 Å². The summed E-state index contributed by atoms with van der Waals surface area (Å²) in [5.74, 6) is 0. The van der Waals surface area contributed by atoms with Crippen LogP contribution < -0.4 is 5.73 Å². The maximum Gasteiger partial charge on any atom is 0.0501 e. The number of halogens is 1. The number of aromatic nitrogens is 1. The van der Waals surface area contributed by atoms with Gasteiger partial charge in [0, 0.05) is 29.2 Å². The third kappa shape index (κ3) is 3.18. The first-order valence-electron chi connectivity index (χ1n) is 7.74. The monoisotopic (exact) mass is 312 g/mol. The van der Waals surface area contributed by atoms with Gasteiger partial charge < -0.3 is 10.3 Å². The molecule has 3 rings (SSSR count). The van der Waals surface area contributed by atoms with E-state index in [-0.39, 0.29) is 6.04 Å². The zero-order chi connectivity index (χ0) is 15.5. The molecule has 1 unspecified atom stereocenters. The van der Waals surface area contributed by atoms with Crippen LogP contribution in [0.25, 0.3) is 10.9 Å². The molecule has 0 saturated carbocycles. The summed E-state index contributed by atoms with van der Waals surface area (Å²) in [6.45, 7) is 2.98. The summed E-state index contributed by atoms with van der Waals surface area (Å²) in [6.07, 6.45) is 4.11. The molecule has 0 fully saturated rings. The van der Waals surface area contributed by atoms with E-state index in [4.69, 9.17) is 17.3 Å². The molecule has 0 bridgehead atoms. The number of fused-ring (bicyclic) bond motifs is 1. The third-order valence-electron chi connectivity index (χ3n) is 4.13. The Morgan fingerprint density at radius 2 is 1.91 bits per heavy atom. The fourth-order valence-corrected chi connectivity index (χ4v) is 3.01. The Hall–Kier alpha value is -1.77. The highest BCUT2D eigenvalue weighted by molar-refractivity contribution is 6.31. The molecule has 3 heteroatoms. The van der Waals surface area contributed by atoms with Crippen LogP contribution in [0.5, 0.6) is 0 Å². The highest BCUT2D eigenvalue weighted by Gasteiger charge is 2.12. The van der Waals surface area contributed by atoms with E-state index < -0.39 is 0 Å². The van der Waals surface area contributed by atoms with E-state index in [1.807, 2.05) is 18.2 Å². The minimum atomic E-state index is 0.200. The topological polar surface area (TPSA) is 30.9 Å². The van der Waals surface area contributed by atoms with Gasteiger partial charge in [-0.05, 0) is 36.1 Å². The summed E-state index contributed by atoms with van der Waals surface area (Å²) >= 11 is 6.20. The maximum absolute atomic E-state index is 6.20. The molecule has 0 radical (unpaired) electrons. The Labute approximate surface area is 136 Å². The lowest BCUT2D eigenvalue weighted by Crippen LogP contribution is -2.21. The quantitative estimate of drug-likeness (QED) is 0.732. The summed E-state index contributed by atoms with van der Waals surface area (Å²) in [5.41, 5.74) is 9.91. The van der Waals surface area contributed by atoms with Crippen molar-refractivity contribution < 1.29 is 0 Å². The van der Waals surface area contributed by atoms with Crippen LogP contribution in [0.1, 0.15) is 24.5 Å². The maximum atomic E-state index is 6.20. The van der Waals surface area contributed by atoms with Gasteiger partial charge in [0.15, 0.2) is 0 Å². The zero-order valence-corrected chi connectivity index (χ0v) is 13.6. The van der Waals surface area contributed by atoms with Crippen LogP contribution in [-0.2, 0) is 13.0 Å². The van der Waals surface area contributed by atoms with Crippen molar-refractivity contribution in [2.75, 3.05) is 0 Å². The van der Waals surface area contributed by atoms with Gasteiger partial charge in [0.05, 0.1) is 5.52 Å². The number of nitrogens with zero attached hydrogens (tertiary/aromatic N) is 1. The molecule has 0 aliphatic carbocycles. The Balaban J connectivity index is 2.03. The summed E-state index contributed by atoms with van der Waals surface area (Å²) in [5, 5.41) is 2.02. The van der Waals surface area contributed by atoms with Gasteiger partial charge in [0.2, 0.25) is 0 Å². The highest BCUT2D eigenvalue weighted by atomic mass is 35.5. The minimum absolute atomic E-state index is 0.200. The average molecular weight is 313 g/mol. The molecule has 1 aromatic heterocycles. The van der Waals surface area contributed by atoms with Gasteiger partial charge in [-0.3, -0.25) is 0 Å². The summed E-state index contributed by atoms with van der Waals surface area (Å²) in [4.78, 5) is 0. The predicted octanol–water partition coefficient (Wildman–Crippen LogP) is 4.62. The highest BCUT2D eigenvalue weighted by Crippen LogP contribution is 2.26. The van der Waals surface area contributed by atoms with Gasteiger partial charge in [-0.2, -0.15) is 0 Å². The molecule has 2 aromatic carbocycles. The molecule has 1 heterocycles. The number of hydrogen-bond donors (Lipinski definition) is 1. The SMILES string of the molecule is CCC(N)Cc1cn(Cc2ccccc2)c2cc(Cl)ccc12. The van der Waals surface area contributed by atoms with Gasteiger partial charge in [0.25, 0.3) is 0 Å². The molecule has 2 nitrogen and oxygen atoms in total. The summed E-state index contributed by atoms with van der Waals surface area (Å²) in [7, 11) is 0. The first-order valence-corrected chi connectivity index (χ1v) is 8.12. The zero-order valence-electron chi connectivity index (χ0n) is 12.8. The fraction of sp³-hybridized carbons (Fsp3) is 0.263. The van der Waals surface area contributed by atoms with E-state index in [1.165, 1.54) is 22.0 Å². The smallest absolute Gasteiger partial charge is 0.0501 e. The third-order valence-corrected chi connectivity index (χ3v) is 4.36. The van der Waals surface area contributed by atoms with E-state index >= 15 is 0 Å². The van der Waals surface area contributed by atoms with Crippen LogP contribution in [-0.4, -0.2) is 10.6 Å². The number of hydrogen-bond acceptors (Lipinski definition) is 1. The minimum Gasteiger partial charge on any atom is -0.343 e. The van der Waals surface area contributed by atoms with E-state index in [2.05, 4.69) is 48.0 Å². The van der Waals surface area contributed by atoms with Crippen molar-refractivity contribution in [3.05, 3.63) is 70.9 Å². The Bertz CT molecular complexity index is 762. The van der Waals surface area contributed by atoms with Crippen molar-refractivity contribution in [2.24, 2.45) is 5.73 Å². The van der Waals surface area contributed by atoms with Crippen molar-refractivity contribution >= 4 is 22.5 Å². The molecule has 0 amide bonds. The lowest BCUT2D eigenvalue weighted by Gasteiger charge is -2.07. The van der Waals surface area contributed by atoms with Gasteiger partial charge in [0.1, 0.15) is 0 Å². The summed E-state index contributed by atoms with van der Waals surface area (Å²) in [6, 6.07) is 16.8. The number of benzene rings is 2. The average Bonchev–Trinajstić information content (AvgIpc) is 2.85. The van der Waals surface area contributed by atoms with Gasteiger partial charge in [-0.1, -0.05) is 54.9 Å². The van der Waals surface area contributed by atoms with Crippen LogP contribution in [0.3, 0.4) is 0 Å². The first-order chi connectivity index (χ1) is 10.7. The van der Waals surface area contributed by atoms with Crippen LogP contribution in [0.15, 0.2) is 54.7 Å². The van der Waals surface area contributed by atoms with Crippen molar-refractivity contribution in [3.63, 3.8) is 0 Å². The normalized spacial score (nSPS) is 12.7. The molecule has 2 N–H and O–H groups in total. The standard InChI is InChI=1S/C19H21ClN2/c1-2-17(21)10-15-13-22(12-14-6-4-3-5-7-14)19-11-16(20)8-9-18(15)19/h3-9,11,13,17H,2,10,12,21H2,1H3. The second-order valence-electron chi connectivity index (χ2n) is 5.80. The molecule has 3 aromatic rings. The summed E-state index contributed by atoms with van der Waals surface area (Å²) < 4.78 is 2.27. The molecular formula is C19H21ClN2. The van der Waals surface area contributed by atoms with Crippen molar-refractivity contribution in [2.45, 2.75) is 32.4 Å². The van der Waals surface area contributed by atoms with E-state index in [9.17, 15) is 0 Å². The second kappa shape index (κ2) is 6.55. The lowest BCUT2D eigenvalue weighted by atomic mass is 10.0. The largest absolute Gasteiger partial charge is 0.343 e. The Kier molecular flexibility index (Phi) is 4.51. The molecule has 0 aliphatic rings. The lowest BCUT2D eigenvalue weighted by molar-refractivity contribution is 0.646. The second-order valence-corrected chi connectivity index (χ2v) is 6.24. The van der Waals surface area contributed by atoms with Crippen LogP contribution in [0.2, 0.25) is 5.02 Å². The van der Waals surface area contributed by atoms with Gasteiger partial charge in [-0.25, -0.2) is 0 Å². The number of rotatable bonds is 5. The molecule has 22 heavy (non-hydrogen) atoms. The van der Waals surface area contributed by atoms with Crippen LogP contribution in [0.4, 0.5) is 0 Å². The van der Waals surface area contributed by atoms with Crippen molar-refractivity contribution in [1.29, 1.82) is 0 Å². The predicted molar refractivity (Wildman–Crippen MR) is 94.5 cm³/mol. The molecule has 1 atom stereocenters. The molecule has 0 spiro atoms.